The molecule has 19 heavy (non-hydrogen) atoms. The van der Waals surface area contributed by atoms with Crippen LogP contribution in [-0.2, 0) is 16.3 Å². The summed E-state index contributed by atoms with van der Waals surface area (Å²) in [5, 5.41) is 3.03. The van der Waals surface area contributed by atoms with Crippen LogP contribution in [0.25, 0.3) is 0 Å². The Kier molecular flexibility index (Phi) is 4.82. The smallest absolute Gasteiger partial charge is 0.153 e. The van der Waals surface area contributed by atoms with Gasteiger partial charge in [-0.05, 0) is 50.0 Å². The summed E-state index contributed by atoms with van der Waals surface area (Å²) >= 11 is 0. The number of hydrogen-bond acceptors (Lipinski definition) is 4. The average molecular weight is 283 g/mol. The Morgan fingerprint density at radius 1 is 1.21 bits per heavy atom. The van der Waals surface area contributed by atoms with Crippen molar-refractivity contribution in [1.82, 2.24) is 5.32 Å². The first-order valence-corrected chi connectivity index (χ1v) is 8.38. The first-order valence-electron chi connectivity index (χ1n) is 6.67. The highest BCUT2D eigenvalue weighted by atomic mass is 32.2. The third-order valence-corrected chi connectivity index (χ3v) is 5.89. The molecule has 1 N–H and O–H groups in total. The van der Waals surface area contributed by atoms with E-state index in [4.69, 9.17) is 4.74 Å². The van der Waals surface area contributed by atoms with Crippen molar-refractivity contribution >= 4 is 9.84 Å². The van der Waals surface area contributed by atoms with Crippen molar-refractivity contribution in [3.63, 3.8) is 0 Å². The Bertz CT molecular complexity index is 490. The SMILES string of the molecule is COc1ccc(CCS(=O)(=O)C2CCNCC2)cc1. The molecule has 1 aromatic carbocycles. The molecule has 1 aliphatic heterocycles. The second-order valence-electron chi connectivity index (χ2n) is 4.91. The molecule has 0 aliphatic carbocycles. The van der Waals surface area contributed by atoms with Gasteiger partial charge in [-0.15, -0.1) is 0 Å². The quantitative estimate of drug-likeness (QED) is 0.887. The zero-order valence-electron chi connectivity index (χ0n) is 11.3. The molecule has 106 valence electrons. The van der Waals surface area contributed by atoms with Crippen molar-refractivity contribution in [3.8, 4) is 5.75 Å². The van der Waals surface area contributed by atoms with Crippen molar-refractivity contribution in [3.05, 3.63) is 29.8 Å². The molecular weight excluding hydrogens is 262 g/mol. The van der Waals surface area contributed by atoms with E-state index in [1.807, 2.05) is 24.3 Å². The molecule has 1 aromatic rings. The van der Waals surface area contributed by atoms with Crippen LogP contribution in [0.2, 0.25) is 0 Å². The molecule has 2 rings (SSSR count). The Balaban J connectivity index is 1.92. The van der Waals surface area contributed by atoms with Crippen LogP contribution in [0.4, 0.5) is 0 Å². The zero-order chi connectivity index (χ0) is 13.7. The number of ether oxygens (including phenoxy) is 1. The average Bonchev–Trinajstić information content (AvgIpc) is 2.47. The number of benzene rings is 1. The fourth-order valence-corrected chi connectivity index (χ4v) is 4.18. The lowest BCUT2D eigenvalue weighted by atomic mass is 10.2. The lowest BCUT2D eigenvalue weighted by Crippen LogP contribution is -2.37. The minimum absolute atomic E-state index is 0.160. The van der Waals surface area contributed by atoms with E-state index < -0.39 is 9.84 Å². The number of hydrogen-bond donors (Lipinski definition) is 1. The molecule has 4 nitrogen and oxygen atoms in total. The molecule has 0 aromatic heterocycles. The van der Waals surface area contributed by atoms with Crippen LogP contribution < -0.4 is 10.1 Å². The van der Waals surface area contributed by atoms with Gasteiger partial charge in [0, 0.05) is 0 Å². The second-order valence-corrected chi connectivity index (χ2v) is 7.32. The normalized spacial score (nSPS) is 17.3. The summed E-state index contributed by atoms with van der Waals surface area (Å²) in [5.41, 5.74) is 1.04. The van der Waals surface area contributed by atoms with Gasteiger partial charge in [-0.1, -0.05) is 12.1 Å². The molecule has 5 heteroatoms. The molecule has 0 spiro atoms. The summed E-state index contributed by atoms with van der Waals surface area (Å²) in [4.78, 5) is 0. The fraction of sp³-hybridized carbons (Fsp3) is 0.571. The van der Waals surface area contributed by atoms with E-state index >= 15 is 0 Å². The standard InChI is InChI=1S/C14H21NO3S/c1-18-13-4-2-12(3-5-13)8-11-19(16,17)14-6-9-15-10-7-14/h2-5,14-15H,6-11H2,1H3. The largest absolute Gasteiger partial charge is 0.497 e. The van der Waals surface area contributed by atoms with Gasteiger partial charge in [0.25, 0.3) is 0 Å². The van der Waals surface area contributed by atoms with Crippen LogP contribution >= 0.6 is 0 Å². The molecule has 1 fully saturated rings. The number of rotatable bonds is 5. The van der Waals surface area contributed by atoms with E-state index in [-0.39, 0.29) is 11.0 Å². The van der Waals surface area contributed by atoms with Crippen molar-refractivity contribution in [2.24, 2.45) is 0 Å². The monoisotopic (exact) mass is 283 g/mol. The maximum absolute atomic E-state index is 12.2. The van der Waals surface area contributed by atoms with Crippen LogP contribution in [-0.4, -0.2) is 39.6 Å². The van der Waals surface area contributed by atoms with Gasteiger partial charge in [0.1, 0.15) is 5.75 Å². The van der Waals surface area contributed by atoms with Crippen LogP contribution in [0.1, 0.15) is 18.4 Å². The topological polar surface area (TPSA) is 55.4 Å². The van der Waals surface area contributed by atoms with E-state index in [1.54, 1.807) is 7.11 Å². The number of sulfone groups is 1. The van der Waals surface area contributed by atoms with Gasteiger partial charge in [-0.3, -0.25) is 0 Å². The zero-order valence-corrected chi connectivity index (χ0v) is 12.1. The second kappa shape index (κ2) is 6.39. The van der Waals surface area contributed by atoms with E-state index in [2.05, 4.69) is 5.32 Å². The maximum Gasteiger partial charge on any atom is 0.153 e. The van der Waals surface area contributed by atoms with Gasteiger partial charge in [0.15, 0.2) is 9.84 Å². The summed E-state index contributed by atoms with van der Waals surface area (Å²) in [5.74, 6) is 1.04. The first-order chi connectivity index (χ1) is 9.12. The lowest BCUT2D eigenvalue weighted by Gasteiger charge is -2.22. The summed E-state index contributed by atoms with van der Waals surface area (Å²) < 4.78 is 29.5. The summed E-state index contributed by atoms with van der Waals surface area (Å²) in [6, 6.07) is 7.59. The molecule has 0 radical (unpaired) electrons. The van der Waals surface area contributed by atoms with Crippen LogP contribution in [0.15, 0.2) is 24.3 Å². The summed E-state index contributed by atoms with van der Waals surface area (Å²) in [6.45, 7) is 1.62. The molecule has 0 amide bonds. The van der Waals surface area contributed by atoms with E-state index in [0.29, 0.717) is 6.42 Å². The Morgan fingerprint density at radius 3 is 2.42 bits per heavy atom. The summed E-state index contributed by atoms with van der Waals surface area (Å²) in [6.07, 6.45) is 2.06. The molecule has 1 aliphatic rings. The highest BCUT2D eigenvalue weighted by Crippen LogP contribution is 2.17. The fourth-order valence-electron chi connectivity index (χ4n) is 2.37. The van der Waals surface area contributed by atoms with Gasteiger partial charge in [0.05, 0.1) is 18.1 Å². The van der Waals surface area contributed by atoms with Gasteiger partial charge < -0.3 is 10.1 Å². The molecule has 1 heterocycles. The third kappa shape index (κ3) is 3.94. The minimum Gasteiger partial charge on any atom is -0.497 e. The van der Waals surface area contributed by atoms with Crippen molar-refractivity contribution in [1.29, 1.82) is 0 Å². The van der Waals surface area contributed by atoms with Gasteiger partial charge >= 0.3 is 0 Å². The third-order valence-electron chi connectivity index (χ3n) is 3.63. The molecule has 0 atom stereocenters. The van der Waals surface area contributed by atoms with Crippen LogP contribution in [0.3, 0.4) is 0 Å². The molecule has 0 unspecified atom stereocenters. The van der Waals surface area contributed by atoms with E-state index in [0.717, 1.165) is 37.2 Å². The van der Waals surface area contributed by atoms with E-state index in [9.17, 15) is 8.42 Å². The van der Waals surface area contributed by atoms with Crippen LogP contribution in [0, 0.1) is 0 Å². The van der Waals surface area contributed by atoms with Gasteiger partial charge in [-0.2, -0.15) is 0 Å². The number of nitrogens with one attached hydrogen (secondary N) is 1. The Labute approximate surface area is 115 Å². The number of aryl methyl sites for hydroxylation is 1. The van der Waals surface area contributed by atoms with Gasteiger partial charge in [0.2, 0.25) is 0 Å². The molecule has 0 saturated carbocycles. The maximum atomic E-state index is 12.2. The van der Waals surface area contributed by atoms with Gasteiger partial charge in [-0.25, -0.2) is 8.42 Å². The lowest BCUT2D eigenvalue weighted by molar-refractivity contribution is 0.414. The molecule has 0 bridgehead atoms. The molecular formula is C14H21NO3S. The predicted octanol–water partition coefficient (Wildman–Crippen LogP) is 1.40. The van der Waals surface area contributed by atoms with E-state index in [1.165, 1.54) is 0 Å². The highest BCUT2D eigenvalue weighted by Gasteiger charge is 2.26. The minimum atomic E-state index is -2.97. The Morgan fingerprint density at radius 2 is 1.84 bits per heavy atom. The number of piperidine rings is 1. The van der Waals surface area contributed by atoms with Crippen LogP contribution in [0.5, 0.6) is 5.75 Å². The van der Waals surface area contributed by atoms with Crippen molar-refractivity contribution in [2.45, 2.75) is 24.5 Å². The Hall–Kier alpha value is -1.07. The summed E-state index contributed by atoms with van der Waals surface area (Å²) in [7, 11) is -1.35. The van der Waals surface area contributed by atoms with Crippen molar-refractivity contribution < 1.29 is 13.2 Å². The highest BCUT2D eigenvalue weighted by molar-refractivity contribution is 7.92. The first kappa shape index (κ1) is 14.3. The van der Waals surface area contributed by atoms with Crippen molar-refractivity contribution in [2.75, 3.05) is 26.0 Å². The number of methoxy groups -OCH3 is 1. The predicted molar refractivity (Wildman–Crippen MR) is 76.4 cm³/mol. The molecule has 1 saturated heterocycles.